The average Bonchev–Trinajstić information content (AvgIpc) is 3.19. The van der Waals surface area contributed by atoms with E-state index >= 15 is 0 Å². The Morgan fingerprint density at radius 3 is 2.90 bits per heavy atom. The van der Waals surface area contributed by atoms with E-state index in [9.17, 15) is 14.4 Å². The average molecular weight is 459 g/mol. The summed E-state index contributed by atoms with van der Waals surface area (Å²) in [4.78, 5) is 40.7. The molecule has 1 saturated heterocycles. The highest BCUT2D eigenvalue weighted by Crippen LogP contribution is 2.34. The Bertz CT molecular complexity index is 1080. The maximum absolute atomic E-state index is 12.9. The van der Waals surface area contributed by atoms with E-state index in [2.05, 4.69) is 22.5 Å². The number of hydrogen-bond donors (Lipinski definition) is 3. The topological polar surface area (TPSA) is 90.5 Å². The molecule has 0 radical (unpaired) electrons. The molecule has 0 aliphatic carbocycles. The summed E-state index contributed by atoms with van der Waals surface area (Å²) in [6.07, 6.45) is 2.18. The number of allylic oxidation sites excluding steroid dienone is 1. The van der Waals surface area contributed by atoms with Crippen molar-refractivity contribution in [2.75, 3.05) is 5.32 Å². The number of carbonyl (C=O) groups is 3. The van der Waals surface area contributed by atoms with E-state index in [0.717, 1.165) is 28.8 Å². The Kier molecular flexibility index (Phi) is 6.02. The van der Waals surface area contributed by atoms with Crippen molar-refractivity contribution in [2.45, 2.75) is 45.3 Å². The minimum atomic E-state index is -0.472. The van der Waals surface area contributed by atoms with Crippen LogP contribution >= 0.6 is 22.9 Å². The summed E-state index contributed by atoms with van der Waals surface area (Å²) in [5.41, 5.74) is 3.14. The van der Waals surface area contributed by atoms with E-state index in [1.807, 2.05) is 19.1 Å². The van der Waals surface area contributed by atoms with Gasteiger partial charge in [-0.25, -0.2) is 4.79 Å². The van der Waals surface area contributed by atoms with Gasteiger partial charge in [-0.1, -0.05) is 24.2 Å². The smallest absolute Gasteiger partial charge is 0.319 e. The first-order valence-corrected chi connectivity index (χ1v) is 11.2. The van der Waals surface area contributed by atoms with Gasteiger partial charge in [0.2, 0.25) is 5.91 Å². The number of urea groups is 1. The molecule has 4 rings (SSSR count). The predicted molar refractivity (Wildman–Crippen MR) is 121 cm³/mol. The van der Waals surface area contributed by atoms with Crippen LogP contribution in [0.4, 0.5) is 10.5 Å². The van der Waals surface area contributed by atoms with Gasteiger partial charge in [-0.15, -0.1) is 11.3 Å². The number of hydrogen-bond acceptors (Lipinski definition) is 4. The summed E-state index contributed by atoms with van der Waals surface area (Å²) in [6, 6.07) is 6.42. The molecular formula is C22H23ClN4O3S. The van der Waals surface area contributed by atoms with Crippen LogP contribution in [0.1, 0.15) is 44.9 Å². The minimum Gasteiger partial charge on any atom is -0.333 e. The molecule has 2 aliphatic heterocycles. The number of nitrogens with zero attached hydrogens (tertiary/aromatic N) is 1. The second-order valence-electron chi connectivity index (χ2n) is 7.77. The maximum atomic E-state index is 12.9. The van der Waals surface area contributed by atoms with Crippen LogP contribution in [-0.4, -0.2) is 28.8 Å². The lowest BCUT2D eigenvalue weighted by atomic mass is 10.1. The van der Waals surface area contributed by atoms with E-state index in [0.29, 0.717) is 40.8 Å². The summed E-state index contributed by atoms with van der Waals surface area (Å²) in [5, 5.41) is 8.92. The summed E-state index contributed by atoms with van der Waals surface area (Å²) >= 11 is 7.44. The first-order chi connectivity index (χ1) is 14.8. The fourth-order valence-electron chi connectivity index (χ4n) is 3.78. The highest BCUT2D eigenvalue weighted by Gasteiger charge is 2.38. The lowest BCUT2D eigenvalue weighted by molar-refractivity contribution is -0.124. The number of amides is 4. The monoisotopic (exact) mass is 458 g/mol. The van der Waals surface area contributed by atoms with Crippen molar-refractivity contribution >= 4 is 46.5 Å². The molecule has 1 aromatic heterocycles. The summed E-state index contributed by atoms with van der Waals surface area (Å²) < 4.78 is 0. The SMILES string of the molecule is C=C1CCC[C@H](N2Cc3cc(CNC(=O)Nc4ccc(C)c(Cl)c4)sc3C2=O)C(=O)N1. The molecule has 4 amide bonds. The van der Waals surface area contributed by atoms with Crippen LogP contribution in [0.5, 0.6) is 0 Å². The van der Waals surface area contributed by atoms with Crippen LogP contribution in [0, 0.1) is 6.92 Å². The van der Waals surface area contributed by atoms with Crippen molar-refractivity contribution in [3.05, 3.63) is 62.4 Å². The molecule has 0 unspecified atom stereocenters. The molecule has 1 fully saturated rings. The Hall–Kier alpha value is -2.84. The van der Waals surface area contributed by atoms with Gasteiger partial charge in [-0.3, -0.25) is 9.59 Å². The third kappa shape index (κ3) is 4.60. The van der Waals surface area contributed by atoms with Crippen molar-refractivity contribution in [3.63, 3.8) is 0 Å². The molecule has 9 heteroatoms. The molecular weight excluding hydrogens is 436 g/mol. The number of benzene rings is 1. The standard InChI is InChI=1S/C22H23ClN4O3S/c1-12-6-7-15(9-17(12)23)26-22(30)24-10-16-8-14-11-27(21(29)19(14)31-16)18-5-3-4-13(2)25-20(18)28/h6-9,18H,2-5,10-11H2,1H3,(H,25,28)(H2,24,26,30)/t18-/m0/s1. The van der Waals surface area contributed by atoms with Crippen LogP contribution in [0.15, 0.2) is 36.5 Å². The predicted octanol–water partition coefficient (Wildman–Crippen LogP) is 4.17. The molecule has 2 aliphatic rings. The van der Waals surface area contributed by atoms with Crippen LogP contribution in [0.25, 0.3) is 0 Å². The van der Waals surface area contributed by atoms with Gasteiger partial charge < -0.3 is 20.9 Å². The second kappa shape index (κ2) is 8.72. The fraction of sp³-hybridized carbons (Fsp3) is 0.318. The number of fused-ring (bicyclic) bond motifs is 1. The van der Waals surface area contributed by atoms with Gasteiger partial charge in [0.05, 0.1) is 11.4 Å². The molecule has 3 N–H and O–H groups in total. The molecule has 1 aromatic carbocycles. The second-order valence-corrected chi connectivity index (χ2v) is 9.32. The summed E-state index contributed by atoms with van der Waals surface area (Å²) in [5.74, 6) is -0.293. The Morgan fingerprint density at radius 1 is 1.35 bits per heavy atom. The molecule has 7 nitrogen and oxygen atoms in total. The van der Waals surface area contributed by atoms with E-state index in [4.69, 9.17) is 11.6 Å². The van der Waals surface area contributed by atoms with Gasteiger partial charge in [0.15, 0.2) is 0 Å². The Labute approximate surface area is 189 Å². The van der Waals surface area contributed by atoms with Crippen molar-refractivity contribution < 1.29 is 14.4 Å². The lowest BCUT2D eigenvalue weighted by Gasteiger charge is -2.25. The zero-order valence-electron chi connectivity index (χ0n) is 17.1. The van der Waals surface area contributed by atoms with Crippen LogP contribution in [0.3, 0.4) is 0 Å². The first kappa shape index (κ1) is 21.4. The summed E-state index contributed by atoms with van der Waals surface area (Å²) in [7, 11) is 0. The number of halogens is 1. The Morgan fingerprint density at radius 2 is 2.16 bits per heavy atom. The molecule has 2 aromatic rings. The number of thiophene rings is 1. The number of rotatable bonds is 4. The van der Waals surface area contributed by atoms with Crippen LogP contribution in [0.2, 0.25) is 5.02 Å². The quantitative estimate of drug-likeness (QED) is 0.642. The summed E-state index contributed by atoms with van der Waals surface area (Å²) in [6.45, 7) is 6.44. The molecule has 3 heterocycles. The van der Waals surface area contributed by atoms with Gasteiger partial charge in [0, 0.05) is 27.8 Å². The molecule has 0 spiro atoms. The van der Waals surface area contributed by atoms with Gasteiger partial charge in [-0.05, 0) is 55.5 Å². The molecule has 0 bridgehead atoms. The fourth-order valence-corrected chi connectivity index (χ4v) is 5.03. The van der Waals surface area contributed by atoms with Crippen LogP contribution in [-0.2, 0) is 17.9 Å². The van der Waals surface area contributed by atoms with E-state index < -0.39 is 6.04 Å². The number of aryl methyl sites for hydroxylation is 1. The lowest BCUT2D eigenvalue weighted by Crippen LogP contribution is -2.45. The molecule has 0 saturated carbocycles. The highest BCUT2D eigenvalue weighted by atomic mass is 35.5. The molecule has 1 atom stereocenters. The largest absolute Gasteiger partial charge is 0.333 e. The van der Waals surface area contributed by atoms with Crippen molar-refractivity contribution in [1.82, 2.24) is 15.5 Å². The van der Waals surface area contributed by atoms with Gasteiger partial charge >= 0.3 is 6.03 Å². The normalized spacial score (nSPS) is 18.5. The third-order valence-corrected chi connectivity index (χ3v) is 7.02. The first-order valence-electron chi connectivity index (χ1n) is 10.0. The highest BCUT2D eigenvalue weighted by molar-refractivity contribution is 7.14. The van der Waals surface area contributed by atoms with Gasteiger partial charge in [0.1, 0.15) is 6.04 Å². The maximum Gasteiger partial charge on any atom is 0.319 e. The van der Waals surface area contributed by atoms with Crippen molar-refractivity contribution in [2.24, 2.45) is 0 Å². The minimum absolute atomic E-state index is 0.127. The zero-order chi connectivity index (χ0) is 22.1. The van der Waals surface area contributed by atoms with E-state index in [-0.39, 0.29) is 17.8 Å². The van der Waals surface area contributed by atoms with E-state index in [1.54, 1.807) is 17.0 Å². The zero-order valence-corrected chi connectivity index (χ0v) is 18.7. The third-order valence-electron chi connectivity index (χ3n) is 5.44. The van der Waals surface area contributed by atoms with Crippen molar-refractivity contribution in [3.8, 4) is 0 Å². The number of anilines is 1. The number of carbonyl (C=O) groups excluding carboxylic acids is 3. The molecule has 31 heavy (non-hydrogen) atoms. The molecule has 162 valence electrons. The van der Waals surface area contributed by atoms with Gasteiger partial charge in [0.25, 0.3) is 5.91 Å². The van der Waals surface area contributed by atoms with Gasteiger partial charge in [-0.2, -0.15) is 0 Å². The van der Waals surface area contributed by atoms with Crippen LogP contribution < -0.4 is 16.0 Å². The van der Waals surface area contributed by atoms with Crippen molar-refractivity contribution in [1.29, 1.82) is 0 Å². The number of nitrogens with one attached hydrogen (secondary N) is 3. The Balaban J connectivity index is 1.35. The van der Waals surface area contributed by atoms with E-state index in [1.165, 1.54) is 11.3 Å².